The van der Waals surface area contributed by atoms with E-state index in [2.05, 4.69) is 36.3 Å². The summed E-state index contributed by atoms with van der Waals surface area (Å²) in [5, 5.41) is 12.1. The molecule has 1 aromatic rings. The number of aromatic nitrogens is 2. The molecule has 1 saturated carbocycles. The smallest absolute Gasteiger partial charge is 0.217 e. The van der Waals surface area contributed by atoms with Gasteiger partial charge in [0, 0.05) is 26.1 Å². The van der Waals surface area contributed by atoms with Crippen LogP contribution in [0.3, 0.4) is 0 Å². The Balaban J connectivity index is 1.66. The lowest BCUT2D eigenvalue weighted by molar-refractivity contribution is -0.122. The minimum absolute atomic E-state index is 0.0804. The lowest BCUT2D eigenvalue weighted by atomic mass is 9.66. The Morgan fingerprint density at radius 3 is 2.71 bits per heavy atom. The molecule has 1 aromatic heterocycles. The van der Waals surface area contributed by atoms with Gasteiger partial charge in [-0.2, -0.15) is 0 Å². The molecule has 17 heavy (non-hydrogen) atoms. The van der Waals surface area contributed by atoms with Crippen molar-refractivity contribution < 1.29 is 4.79 Å². The lowest BCUT2D eigenvalue weighted by Crippen LogP contribution is -2.64. The summed E-state index contributed by atoms with van der Waals surface area (Å²) in [6, 6.07) is 0.375. The monoisotopic (exact) mass is 316 g/mol. The number of carbonyl (C=O) groups excluding carboxylic acids is 1. The number of carbonyl (C=O) groups is 1. The molecule has 4 rings (SSSR count). The number of rotatable bonds is 2. The van der Waals surface area contributed by atoms with Gasteiger partial charge in [-0.1, -0.05) is 11.3 Å². The predicted octanol–water partition coefficient (Wildman–Crippen LogP) is 1.26. The van der Waals surface area contributed by atoms with Crippen LogP contribution in [-0.4, -0.2) is 35.2 Å². The van der Waals surface area contributed by atoms with E-state index in [1.54, 1.807) is 18.3 Å². The van der Waals surface area contributed by atoms with E-state index in [-0.39, 0.29) is 5.91 Å². The summed E-state index contributed by atoms with van der Waals surface area (Å²) in [7, 11) is 0. The van der Waals surface area contributed by atoms with Gasteiger partial charge in [-0.15, -0.1) is 10.2 Å². The number of halogens is 1. The average Bonchev–Trinajstić information content (AvgIpc) is 2.73. The van der Waals surface area contributed by atoms with E-state index in [0.717, 1.165) is 22.1 Å². The van der Waals surface area contributed by atoms with E-state index >= 15 is 0 Å². The molecular formula is C10H13BrN4OS. The summed E-state index contributed by atoms with van der Waals surface area (Å²) in [5.41, 5.74) is 0. The van der Waals surface area contributed by atoms with Gasteiger partial charge in [0.05, 0.1) is 0 Å². The highest BCUT2D eigenvalue weighted by molar-refractivity contribution is 9.11. The maximum Gasteiger partial charge on any atom is 0.217 e. The van der Waals surface area contributed by atoms with Crippen LogP contribution in [0, 0.1) is 11.8 Å². The zero-order valence-corrected chi connectivity index (χ0v) is 11.8. The van der Waals surface area contributed by atoms with E-state index in [1.807, 2.05) is 0 Å². The third kappa shape index (κ3) is 2.06. The molecule has 0 spiro atoms. The number of nitrogens with zero attached hydrogens (tertiary/aromatic N) is 3. The molecule has 0 radical (unpaired) electrons. The van der Waals surface area contributed by atoms with Crippen LogP contribution >= 0.6 is 27.3 Å². The zero-order chi connectivity index (χ0) is 12.0. The molecule has 3 fully saturated rings. The minimum Gasteiger partial charge on any atom is -0.353 e. The molecule has 2 saturated heterocycles. The minimum atomic E-state index is 0.0804. The molecule has 92 valence electrons. The first kappa shape index (κ1) is 11.4. The maximum absolute atomic E-state index is 11.1. The molecule has 0 aromatic carbocycles. The van der Waals surface area contributed by atoms with Crippen molar-refractivity contribution in [2.45, 2.75) is 19.4 Å². The van der Waals surface area contributed by atoms with E-state index in [1.165, 1.54) is 6.42 Å². The third-order valence-corrected chi connectivity index (χ3v) is 4.98. The Morgan fingerprint density at radius 2 is 2.18 bits per heavy atom. The summed E-state index contributed by atoms with van der Waals surface area (Å²) >= 11 is 4.90. The fourth-order valence-corrected chi connectivity index (χ4v) is 3.95. The van der Waals surface area contributed by atoms with Gasteiger partial charge in [-0.05, 0) is 34.2 Å². The highest BCUT2D eigenvalue weighted by Crippen LogP contribution is 2.42. The van der Waals surface area contributed by atoms with Crippen molar-refractivity contribution in [1.82, 2.24) is 15.5 Å². The van der Waals surface area contributed by atoms with E-state index in [0.29, 0.717) is 17.9 Å². The number of fused-ring (bicyclic) bond motifs is 2. The first-order valence-corrected chi connectivity index (χ1v) is 7.25. The van der Waals surface area contributed by atoms with Crippen LogP contribution in [0.5, 0.6) is 0 Å². The third-order valence-electron chi connectivity index (χ3n) is 3.56. The first-order chi connectivity index (χ1) is 8.13. The van der Waals surface area contributed by atoms with Crippen molar-refractivity contribution in [3.05, 3.63) is 3.92 Å². The molecule has 1 N–H and O–H groups in total. The van der Waals surface area contributed by atoms with Gasteiger partial charge in [0.1, 0.15) is 0 Å². The Kier molecular flexibility index (Phi) is 2.82. The molecular weight excluding hydrogens is 304 g/mol. The van der Waals surface area contributed by atoms with Gasteiger partial charge in [0.15, 0.2) is 3.92 Å². The number of hydrogen-bond acceptors (Lipinski definition) is 5. The van der Waals surface area contributed by atoms with Crippen LogP contribution in [0.2, 0.25) is 0 Å². The number of amides is 1. The Hall–Kier alpha value is -0.690. The van der Waals surface area contributed by atoms with Gasteiger partial charge >= 0.3 is 0 Å². The second-order valence-corrected chi connectivity index (χ2v) is 6.96. The van der Waals surface area contributed by atoms with Gasteiger partial charge < -0.3 is 10.2 Å². The van der Waals surface area contributed by atoms with Gasteiger partial charge in [0.2, 0.25) is 11.0 Å². The van der Waals surface area contributed by atoms with Crippen LogP contribution in [0.1, 0.15) is 13.3 Å². The second kappa shape index (κ2) is 4.20. The summed E-state index contributed by atoms with van der Waals surface area (Å²) in [6.45, 7) is 3.54. The molecule has 3 heterocycles. The topological polar surface area (TPSA) is 58.1 Å². The van der Waals surface area contributed by atoms with E-state index in [9.17, 15) is 4.79 Å². The summed E-state index contributed by atoms with van der Waals surface area (Å²) in [6.07, 6.45) is 1.22. The Labute approximate surface area is 112 Å². The molecule has 5 nitrogen and oxygen atoms in total. The fraction of sp³-hybridized carbons (Fsp3) is 0.700. The highest BCUT2D eigenvalue weighted by atomic mass is 79.9. The Morgan fingerprint density at radius 1 is 1.47 bits per heavy atom. The summed E-state index contributed by atoms with van der Waals surface area (Å²) < 4.78 is 0.824. The molecule has 0 unspecified atom stereocenters. The van der Waals surface area contributed by atoms with Crippen LogP contribution in [-0.2, 0) is 4.79 Å². The number of piperidine rings is 2. The quantitative estimate of drug-likeness (QED) is 0.892. The molecule has 3 aliphatic rings. The molecule has 2 aliphatic heterocycles. The predicted molar refractivity (Wildman–Crippen MR) is 69.0 cm³/mol. The zero-order valence-electron chi connectivity index (χ0n) is 9.39. The van der Waals surface area contributed by atoms with Gasteiger partial charge in [0.25, 0.3) is 0 Å². The Bertz CT molecular complexity index is 439. The SMILES string of the molecule is CC(=O)N[C@H]1[C@@H]2C[C@H]1CN(c1nnc(Br)s1)C2. The van der Waals surface area contributed by atoms with Crippen molar-refractivity contribution in [2.24, 2.45) is 11.8 Å². The number of nitrogens with one attached hydrogen (secondary N) is 1. The van der Waals surface area contributed by atoms with E-state index in [4.69, 9.17) is 0 Å². The summed E-state index contributed by atoms with van der Waals surface area (Å²) in [5.74, 6) is 1.22. The molecule has 1 aliphatic carbocycles. The highest BCUT2D eigenvalue weighted by Gasteiger charge is 2.47. The molecule has 7 heteroatoms. The van der Waals surface area contributed by atoms with Gasteiger partial charge in [-0.3, -0.25) is 4.79 Å². The van der Waals surface area contributed by atoms with Crippen molar-refractivity contribution in [3.8, 4) is 0 Å². The van der Waals surface area contributed by atoms with Crippen molar-refractivity contribution in [1.29, 1.82) is 0 Å². The standard InChI is InChI=1S/C10H13BrN4OS/c1-5(16)12-8-6-2-7(8)4-15(3-6)10-14-13-9(11)17-10/h6-8H,2-4H2,1H3,(H,12,16)/t6-,7+,8+. The first-order valence-electron chi connectivity index (χ1n) is 5.64. The van der Waals surface area contributed by atoms with Crippen LogP contribution in [0.4, 0.5) is 5.13 Å². The molecule has 1 amide bonds. The maximum atomic E-state index is 11.1. The second-order valence-electron chi connectivity index (χ2n) is 4.72. The van der Waals surface area contributed by atoms with E-state index < -0.39 is 0 Å². The van der Waals surface area contributed by atoms with Crippen LogP contribution in [0.25, 0.3) is 0 Å². The normalized spacial score (nSPS) is 30.9. The summed E-state index contributed by atoms with van der Waals surface area (Å²) in [4.78, 5) is 13.4. The van der Waals surface area contributed by atoms with Crippen LogP contribution in [0.15, 0.2) is 3.92 Å². The van der Waals surface area contributed by atoms with Crippen molar-refractivity contribution in [2.75, 3.05) is 18.0 Å². The largest absolute Gasteiger partial charge is 0.353 e. The average molecular weight is 317 g/mol. The van der Waals surface area contributed by atoms with Crippen LogP contribution < -0.4 is 10.2 Å². The fourth-order valence-electron chi connectivity index (χ4n) is 2.84. The lowest BCUT2D eigenvalue weighted by Gasteiger charge is -2.53. The number of hydrogen-bond donors (Lipinski definition) is 1. The van der Waals surface area contributed by atoms with Crippen molar-refractivity contribution >= 4 is 38.3 Å². The van der Waals surface area contributed by atoms with Gasteiger partial charge in [-0.25, -0.2) is 0 Å². The number of anilines is 1. The molecule has 2 bridgehead atoms. The molecule has 3 atom stereocenters. The van der Waals surface area contributed by atoms with Crippen molar-refractivity contribution in [3.63, 3.8) is 0 Å².